The van der Waals surface area contributed by atoms with Gasteiger partial charge in [0.25, 0.3) is 0 Å². The van der Waals surface area contributed by atoms with E-state index in [0.717, 1.165) is 23.4 Å². The van der Waals surface area contributed by atoms with Crippen LogP contribution in [-0.2, 0) is 10.6 Å². The van der Waals surface area contributed by atoms with Crippen LogP contribution in [0.2, 0.25) is 0 Å². The maximum Gasteiger partial charge on any atom is 0.350 e. The van der Waals surface area contributed by atoms with Crippen molar-refractivity contribution in [2.45, 2.75) is 50.3 Å². The fourth-order valence-electron chi connectivity index (χ4n) is 2.35. The zero-order valence-electron chi connectivity index (χ0n) is 15.7. The van der Waals surface area contributed by atoms with Crippen LogP contribution in [0.25, 0.3) is 0 Å². The molecular weight excluding hydrogens is 399 g/mol. The Balaban J connectivity index is -0.000000576. The lowest BCUT2D eigenvalue weighted by atomic mass is 10.0. The first-order valence-corrected chi connectivity index (χ1v) is 9.06. The molecule has 0 radical (unpaired) electrons. The van der Waals surface area contributed by atoms with E-state index in [2.05, 4.69) is 6.92 Å². The van der Waals surface area contributed by atoms with Crippen LogP contribution in [0.3, 0.4) is 0 Å². The Kier molecular flexibility index (Phi) is 23.5. The van der Waals surface area contributed by atoms with E-state index in [9.17, 15) is 4.79 Å². The number of rotatable bonds is 9. The number of hydrogen-bond acceptors (Lipinski definition) is 3. The van der Waals surface area contributed by atoms with Crippen molar-refractivity contribution in [3.8, 4) is 0 Å². The Morgan fingerprint density at radius 1 is 0.786 bits per heavy atom. The quantitative estimate of drug-likeness (QED) is 0.249. The minimum atomic E-state index is -0.298. The molecule has 28 heavy (non-hydrogen) atoms. The molecule has 2 nitrogen and oxygen atoms in total. The lowest BCUT2D eigenvalue weighted by molar-refractivity contribution is 0.0768. The van der Waals surface area contributed by atoms with E-state index in [-0.39, 0.29) is 29.5 Å². The van der Waals surface area contributed by atoms with E-state index >= 15 is 0 Å². The number of aryl methyl sites for hydroxylation is 1. The van der Waals surface area contributed by atoms with Crippen LogP contribution in [0.5, 0.6) is 0 Å². The third kappa shape index (κ3) is 12.3. The lowest BCUT2D eigenvalue weighted by Gasteiger charge is -2.05. The maximum absolute atomic E-state index is 12.0. The molecular formula is C20H29F5O2S. The third-order valence-corrected chi connectivity index (χ3v) is 4.41. The van der Waals surface area contributed by atoms with Crippen molar-refractivity contribution in [1.82, 2.24) is 0 Å². The molecule has 162 valence electrons. The van der Waals surface area contributed by atoms with Gasteiger partial charge in [0.05, 0.1) is 17.6 Å². The smallest absolute Gasteiger partial charge is 0.350 e. The Bertz CT molecular complexity index is 597. The number of benzene rings is 2. The molecule has 0 aliphatic carbocycles. The summed E-state index contributed by atoms with van der Waals surface area (Å²) >= 11 is 1.10. The van der Waals surface area contributed by atoms with Crippen molar-refractivity contribution in [2.24, 2.45) is 0 Å². The second-order valence-electron chi connectivity index (χ2n) is 5.63. The lowest BCUT2D eigenvalue weighted by Crippen LogP contribution is -2.00. The van der Waals surface area contributed by atoms with Gasteiger partial charge in [-0.05, 0) is 42.7 Å². The standard InChI is InChI=1S/C20H24O2S.5FH/c1-2-3-4-5-7-10-17-13-15-18(16-14-17)20(21)22-23-19-11-8-6-9-12-19;;;;;/h6,8-9,11-16H,2-5,7,10H2,1H3;5*1H. The molecule has 0 N–H and O–H groups in total. The van der Waals surface area contributed by atoms with Gasteiger partial charge in [0.1, 0.15) is 0 Å². The summed E-state index contributed by atoms with van der Waals surface area (Å²) in [6.45, 7) is 2.23. The van der Waals surface area contributed by atoms with Crippen LogP contribution in [0.1, 0.15) is 54.9 Å². The van der Waals surface area contributed by atoms with Gasteiger partial charge in [0.2, 0.25) is 0 Å². The molecule has 0 bridgehead atoms. The Morgan fingerprint density at radius 3 is 1.93 bits per heavy atom. The van der Waals surface area contributed by atoms with Gasteiger partial charge in [-0.2, -0.15) is 0 Å². The molecule has 0 spiro atoms. The van der Waals surface area contributed by atoms with Crippen molar-refractivity contribution in [3.63, 3.8) is 0 Å². The van der Waals surface area contributed by atoms with Gasteiger partial charge < -0.3 is 4.18 Å². The summed E-state index contributed by atoms with van der Waals surface area (Å²) in [7, 11) is 0. The molecule has 2 aromatic carbocycles. The molecule has 8 heteroatoms. The van der Waals surface area contributed by atoms with Crippen molar-refractivity contribution in [1.29, 1.82) is 0 Å². The van der Waals surface area contributed by atoms with E-state index in [1.165, 1.54) is 37.7 Å². The SMILES string of the molecule is CCCCCCCc1ccc(C(=O)OSc2ccccc2)cc1.F.F.F.F.F. The second-order valence-corrected chi connectivity index (χ2v) is 6.43. The molecule has 0 unspecified atom stereocenters. The highest BCUT2D eigenvalue weighted by molar-refractivity contribution is 7.95. The highest BCUT2D eigenvalue weighted by Crippen LogP contribution is 2.20. The molecule has 0 saturated carbocycles. The van der Waals surface area contributed by atoms with E-state index in [1.54, 1.807) is 0 Å². The largest absolute Gasteiger partial charge is 0.382 e. The number of unbranched alkanes of at least 4 members (excludes halogenated alkanes) is 4. The Labute approximate surface area is 167 Å². The monoisotopic (exact) mass is 428 g/mol. The predicted octanol–water partition coefficient (Wildman–Crippen LogP) is 6.83. The van der Waals surface area contributed by atoms with E-state index in [4.69, 9.17) is 4.18 Å². The normalized spacial score (nSPS) is 8.61. The van der Waals surface area contributed by atoms with Crippen molar-refractivity contribution in [2.75, 3.05) is 0 Å². The zero-order valence-corrected chi connectivity index (χ0v) is 16.5. The van der Waals surface area contributed by atoms with Crippen LogP contribution in [0.15, 0.2) is 59.5 Å². The maximum atomic E-state index is 12.0. The fourth-order valence-corrected chi connectivity index (χ4v) is 2.89. The predicted molar refractivity (Wildman–Crippen MR) is 109 cm³/mol. The highest BCUT2D eigenvalue weighted by atomic mass is 32.2. The van der Waals surface area contributed by atoms with Crippen molar-refractivity contribution >= 4 is 18.0 Å². The molecule has 0 fully saturated rings. The summed E-state index contributed by atoms with van der Waals surface area (Å²) in [5.74, 6) is -0.298. The van der Waals surface area contributed by atoms with Gasteiger partial charge in [-0.15, -0.1) is 0 Å². The first-order chi connectivity index (χ1) is 11.3. The average Bonchev–Trinajstić information content (AvgIpc) is 2.61. The zero-order chi connectivity index (χ0) is 16.3. The summed E-state index contributed by atoms with van der Waals surface area (Å²) < 4.78 is 5.26. The molecule has 2 aromatic rings. The fraction of sp³-hybridized carbons (Fsp3) is 0.350. The summed E-state index contributed by atoms with van der Waals surface area (Å²) in [6.07, 6.45) is 7.50. The summed E-state index contributed by atoms with van der Waals surface area (Å²) in [6, 6.07) is 17.4. The average molecular weight is 429 g/mol. The van der Waals surface area contributed by atoms with Crippen LogP contribution in [0, 0.1) is 0 Å². The molecule has 0 heterocycles. The summed E-state index contributed by atoms with van der Waals surface area (Å²) in [5, 5.41) is 0. The third-order valence-electron chi connectivity index (χ3n) is 3.72. The molecule has 0 aromatic heterocycles. The van der Waals surface area contributed by atoms with Crippen LogP contribution in [-0.4, -0.2) is 5.97 Å². The Hall–Kier alpha value is -2.09. The molecule has 2 rings (SSSR count). The van der Waals surface area contributed by atoms with Crippen molar-refractivity contribution in [3.05, 3.63) is 65.7 Å². The van der Waals surface area contributed by atoms with E-state index in [0.29, 0.717) is 5.56 Å². The first-order valence-electron chi connectivity index (χ1n) is 8.32. The molecule has 0 saturated heterocycles. The highest BCUT2D eigenvalue weighted by Gasteiger charge is 2.08. The number of hydrogen-bond donors (Lipinski definition) is 0. The minimum Gasteiger partial charge on any atom is -0.382 e. The van der Waals surface area contributed by atoms with Gasteiger partial charge >= 0.3 is 5.97 Å². The van der Waals surface area contributed by atoms with Crippen LogP contribution < -0.4 is 0 Å². The molecule has 0 atom stereocenters. The van der Waals surface area contributed by atoms with E-state index in [1.807, 2.05) is 54.6 Å². The summed E-state index contributed by atoms with van der Waals surface area (Å²) in [4.78, 5) is 12.9. The minimum absolute atomic E-state index is 0. The second kappa shape index (κ2) is 19.7. The molecule has 0 aliphatic heterocycles. The number of carbonyl (C=O) groups excluding carboxylic acids is 1. The Morgan fingerprint density at radius 2 is 1.36 bits per heavy atom. The first kappa shape index (κ1) is 33.5. The summed E-state index contributed by atoms with van der Waals surface area (Å²) in [5.41, 5.74) is 1.89. The van der Waals surface area contributed by atoms with Crippen molar-refractivity contribution < 1.29 is 32.5 Å². The topological polar surface area (TPSA) is 26.3 Å². The van der Waals surface area contributed by atoms with E-state index < -0.39 is 0 Å². The van der Waals surface area contributed by atoms with Gasteiger partial charge in [-0.3, -0.25) is 23.5 Å². The molecule has 0 amide bonds. The van der Waals surface area contributed by atoms with Gasteiger partial charge in [0.15, 0.2) is 0 Å². The van der Waals surface area contributed by atoms with Gasteiger partial charge in [-0.25, -0.2) is 4.79 Å². The van der Waals surface area contributed by atoms with Crippen LogP contribution >= 0.6 is 12.0 Å². The van der Waals surface area contributed by atoms with Gasteiger partial charge in [0, 0.05) is 4.90 Å². The molecule has 0 aliphatic rings. The van der Waals surface area contributed by atoms with Gasteiger partial charge in [-0.1, -0.05) is 62.9 Å². The van der Waals surface area contributed by atoms with Crippen LogP contribution in [0.4, 0.5) is 23.5 Å². The number of carbonyl (C=O) groups is 1. The number of halogens is 5.